The van der Waals surface area contributed by atoms with Gasteiger partial charge in [-0.05, 0) is 24.3 Å². The van der Waals surface area contributed by atoms with E-state index >= 15 is 0 Å². The molecular weight excluding hydrogens is 496 g/mol. The molecule has 0 bridgehead atoms. The average molecular weight is 513 g/mol. The van der Waals surface area contributed by atoms with Crippen molar-refractivity contribution in [3.8, 4) is 17.6 Å². The number of ether oxygens (including phenoxy) is 2. The fraction of sp³-hybridized carbons (Fsp3) is 0.318. The van der Waals surface area contributed by atoms with Crippen molar-refractivity contribution in [1.29, 1.82) is 5.26 Å². The van der Waals surface area contributed by atoms with Gasteiger partial charge >= 0.3 is 6.36 Å². The number of aromatic nitrogens is 2. The molecule has 0 radical (unpaired) electrons. The Labute approximate surface area is 201 Å². The number of nitriles is 1. The molecule has 12 heteroatoms. The number of rotatable bonds is 4. The molecule has 3 aromatic rings. The number of aryl methyl sites for hydroxylation is 1. The highest BCUT2D eigenvalue weighted by Gasteiger charge is 2.32. The van der Waals surface area contributed by atoms with Gasteiger partial charge in [0.1, 0.15) is 39.9 Å². The zero-order chi connectivity index (χ0) is 24.6. The third kappa shape index (κ3) is 4.86. The molecule has 34 heavy (non-hydrogen) atoms. The van der Waals surface area contributed by atoms with Gasteiger partial charge in [-0.1, -0.05) is 23.2 Å². The van der Waals surface area contributed by atoms with Gasteiger partial charge in [0.25, 0.3) is 5.56 Å². The van der Waals surface area contributed by atoms with Gasteiger partial charge in [-0.2, -0.15) is 5.26 Å². The van der Waals surface area contributed by atoms with Crippen LogP contribution in [-0.4, -0.2) is 35.1 Å². The monoisotopic (exact) mass is 512 g/mol. The second-order valence-electron chi connectivity index (χ2n) is 7.65. The van der Waals surface area contributed by atoms with Crippen LogP contribution in [-0.2, 0) is 7.05 Å². The molecule has 0 unspecified atom stereocenters. The minimum Gasteiger partial charge on any atom is -0.489 e. The highest BCUT2D eigenvalue weighted by molar-refractivity contribution is 6.32. The van der Waals surface area contributed by atoms with Gasteiger partial charge in [0.15, 0.2) is 0 Å². The van der Waals surface area contributed by atoms with E-state index < -0.39 is 17.7 Å². The van der Waals surface area contributed by atoms with E-state index in [9.17, 15) is 23.2 Å². The second kappa shape index (κ2) is 9.24. The summed E-state index contributed by atoms with van der Waals surface area (Å²) in [5.41, 5.74) is 0.977. The molecule has 0 amide bonds. The van der Waals surface area contributed by atoms with Crippen LogP contribution in [0.4, 0.5) is 18.9 Å². The quantitative estimate of drug-likeness (QED) is 0.454. The summed E-state index contributed by atoms with van der Waals surface area (Å²) in [6, 6.07) is 8.75. The smallest absolute Gasteiger partial charge is 0.489 e. The molecule has 1 aliphatic heterocycles. The first kappa shape index (κ1) is 24.0. The third-order valence-corrected chi connectivity index (χ3v) is 5.99. The molecule has 4 rings (SSSR count). The Kier molecular flexibility index (Phi) is 6.51. The minimum absolute atomic E-state index is 0.00709. The Morgan fingerprint density at radius 3 is 2.50 bits per heavy atom. The normalized spacial score (nSPS) is 14.8. The molecule has 0 aliphatic carbocycles. The van der Waals surface area contributed by atoms with Crippen LogP contribution in [0.15, 0.2) is 35.1 Å². The Bertz CT molecular complexity index is 1350. The Hall–Kier alpha value is -3.16. The molecule has 0 atom stereocenters. The summed E-state index contributed by atoms with van der Waals surface area (Å²) in [7, 11) is 1.57. The molecule has 1 aliphatic rings. The summed E-state index contributed by atoms with van der Waals surface area (Å²) < 4.78 is 48.3. The van der Waals surface area contributed by atoms with Crippen LogP contribution >= 0.6 is 23.2 Å². The first-order valence-corrected chi connectivity index (χ1v) is 10.9. The molecule has 178 valence electrons. The topological polar surface area (TPSA) is 80.4 Å². The number of alkyl halides is 3. The molecule has 0 N–H and O–H groups in total. The van der Waals surface area contributed by atoms with Crippen LogP contribution in [0.2, 0.25) is 10.2 Å². The van der Waals surface area contributed by atoms with Gasteiger partial charge in [-0.15, -0.1) is 13.2 Å². The Balaban J connectivity index is 1.54. The predicted octanol–water partition coefficient (Wildman–Crippen LogP) is 5.06. The van der Waals surface area contributed by atoms with Gasteiger partial charge in [-0.3, -0.25) is 4.79 Å². The molecule has 3 heterocycles. The van der Waals surface area contributed by atoms with Crippen LogP contribution in [0.5, 0.6) is 11.5 Å². The predicted molar refractivity (Wildman–Crippen MR) is 121 cm³/mol. The maximum atomic E-state index is 12.8. The number of nitrogens with zero attached hydrogens (tertiary/aromatic N) is 4. The summed E-state index contributed by atoms with van der Waals surface area (Å²) in [4.78, 5) is 19.0. The lowest BCUT2D eigenvalue weighted by molar-refractivity contribution is -0.274. The Morgan fingerprint density at radius 2 is 1.88 bits per heavy atom. The van der Waals surface area contributed by atoms with Crippen LogP contribution < -0.4 is 19.9 Å². The van der Waals surface area contributed by atoms with Crippen molar-refractivity contribution >= 4 is 39.9 Å². The molecule has 2 aromatic heterocycles. The number of halogens is 5. The van der Waals surface area contributed by atoms with E-state index in [1.165, 1.54) is 10.6 Å². The third-order valence-electron chi connectivity index (χ3n) is 5.48. The van der Waals surface area contributed by atoms with E-state index in [0.29, 0.717) is 42.7 Å². The van der Waals surface area contributed by atoms with Crippen LogP contribution in [0.1, 0.15) is 18.4 Å². The highest BCUT2D eigenvalue weighted by atomic mass is 35.5. The van der Waals surface area contributed by atoms with E-state index in [-0.39, 0.29) is 27.6 Å². The van der Waals surface area contributed by atoms with Crippen molar-refractivity contribution < 1.29 is 22.6 Å². The first-order valence-electron chi connectivity index (χ1n) is 10.1. The zero-order valence-electron chi connectivity index (χ0n) is 17.7. The van der Waals surface area contributed by atoms with E-state index in [1.807, 2.05) is 11.0 Å². The van der Waals surface area contributed by atoms with Crippen molar-refractivity contribution in [2.45, 2.75) is 25.3 Å². The van der Waals surface area contributed by atoms with Gasteiger partial charge in [-0.25, -0.2) is 4.98 Å². The first-order chi connectivity index (χ1) is 16.1. The number of benzene rings is 1. The maximum Gasteiger partial charge on any atom is 0.573 e. The van der Waals surface area contributed by atoms with Crippen molar-refractivity contribution in [2.75, 3.05) is 18.0 Å². The molecule has 1 fully saturated rings. The van der Waals surface area contributed by atoms with Gasteiger partial charge in [0, 0.05) is 39.0 Å². The lowest BCUT2D eigenvalue weighted by Gasteiger charge is -2.34. The molecule has 1 saturated heterocycles. The minimum atomic E-state index is -4.82. The molecule has 0 saturated carbocycles. The number of pyridine rings is 2. The summed E-state index contributed by atoms with van der Waals surface area (Å²) in [5, 5.41) is 9.91. The number of piperidine rings is 1. The molecule has 0 spiro atoms. The van der Waals surface area contributed by atoms with E-state index in [2.05, 4.69) is 9.72 Å². The van der Waals surface area contributed by atoms with Gasteiger partial charge in [0.05, 0.1) is 16.2 Å². The number of hydrogen-bond acceptors (Lipinski definition) is 6. The van der Waals surface area contributed by atoms with Crippen molar-refractivity contribution in [3.63, 3.8) is 0 Å². The zero-order valence-corrected chi connectivity index (χ0v) is 19.2. The fourth-order valence-electron chi connectivity index (χ4n) is 3.93. The van der Waals surface area contributed by atoms with Crippen LogP contribution in [0.25, 0.3) is 11.0 Å². The van der Waals surface area contributed by atoms with Crippen molar-refractivity contribution in [1.82, 2.24) is 9.55 Å². The largest absolute Gasteiger partial charge is 0.573 e. The van der Waals surface area contributed by atoms with E-state index in [1.54, 1.807) is 19.2 Å². The van der Waals surface area contributed by atoms with Gasteiger partial charge in [0.2, 0.25) is 0 Å². The summed E-state index contributed by atoms with van der Waals surface area (Å²) in [5.74, 6) is -0.202. The molecule has 1 aromatic carbocycles. The fourth-order valence-corrected chi connectivity index (χ4v) is 4.29. The van der Waals surface area contributed by atoms with Crippen molar-refractivity contribution in [3.05, 3.63) is 56.4 Å². The van der Waals surface area contributed by atoms with Gasteiger partial charge < -0.3 is 18.9 Å². The van der Waals surface area contributed by atoms with E-state index in [4.69, 9.17) is 27.9 Å². The number of anilines is 1. The Morgan fingerprint density at radius 1 is 1.18 bits per heavy atom. The summed E-state index contributed by atoms with van der Waals surface area (Å²) >= 11 is 12.2. The molecular formula is C22H17Cl2F3N4O3. The highest BCUT2D eigenvalue weighted by Crippen LogP contribution is 2.35. The number of hydrogen-bond donors (Lipinski definition) is 0. The summed E-state index contributed by atoms with van der Waals surface area (Å²) in [6.45, 7) is 0.894. The second-order valence-corrected chi connectivity index (χ2v) is 8.44. The number of fused-ring (bicyclic) bond motifs is 1. The average Bonchev–Trinajstić information content (AvgIpc) is 2.77. The van der Waals surface area contributed by atoms with Crippen LogP contribution in [0.3, 0.4) is 0 Å². The lowest BCUT2D eigenvalue weighted by atomic mass is 10.0. The standard InChI is InChI=1S/C22H17Cl2F3N4O3/c1-30-16-3-5-18(24)29-19(16)20(14(11-28)21(30)32)31-8-6-12(7-9-31)33-17-4-2-13(10-15(17)23)34-22(25,26)27/h2-5,10,12H,6-9H2,1H3. The lowest BCUT2D eigenvalue weighted by Crippen LogP contribution is -2.40. The summed E-state index contributed by atoms with van der Waals surface area (Å²) in [6.07, 6.45) is -4.07. The maximum absolute atomic E-state index is 12.8. The van der Waals surface area contributed by atoms with Crippen molar-refractivity contribution in [2.24, 2.45) is 7.05 Å². The van der Waals surface area contributed by atoms with Crippen LogP contribution in [0, 0.1) is 11.3 Å². The molecule has 7 nitrogen and oxygen atoms in total. The van der Waals surface area contributed by atoms with E-state index in [0.717, 1.165) is 12.1 Å². The SMILES string of the molecule is Cn1c(=O)c(C#N)c(N2CCC(Oc3ccc(OC(F)(F)F)cc3Cl)CC2)c2nc(Cl)ccc21.